The monoisotopic (exact) mass is 268 g/mol. The second kappa shape index (κ2) is 6.53. The topological polar surface area (TPSA) is 84.6 Å². The number of rotatable bonds is 6. The highest BCUT2D eigenvalue weighted by Crippen LogP contribution is 2.13. The summed E-state index contributed by atoms with van der Waals surface area (Å²) in [6.07, 6.45) is 0.333. The summed E-state index contributed by atoms with van der Waals surface area (Å²) in [6.45, 7) is 4.39. The van der Waals surface area contributed by atoms with Crippen molar-refractivity contribution >= 4 is 14.2 Å². The number of ether oxygens (including phenoxy) is 1. The van der Waals surface area contributed by atoms with E-state index in [1.165, 1.54) is 0 Å². The SMILES string of the molecule is C[Si](C)(O)CNC(=O)c1cccc(OCCN)c1. The third-order valence-electron chi connectivity index (χ3n) is 2.16. The smallest absolute Gasteiger partial charge is 0.251 e. The van der Waals surface area contributed by atoms with E-state index in [1.807, 2.05) is 0 Å². The fourth-order valence-electron chi connectivity index (χ4n) is 1.30. The lowest BCUT2D eigenvalue weighted by molar-refractivity contribution is 0.0957. The molecule has 6 heteroatoms. The van der Waals surface area contributed by atoms with Crippen molar-refractivity contribution < 1.29 is 14.3 Å². The number of carbonyl (C=O) groups excluding carboxylic acids is 1. The van der Waals surface area contributed by atoms with Gasteiger partial charge in [0.2, 0.25) is 8.32 Å². The Labute approximate surface area is 108 Å². The van der Waals surface area contributed by atoms with Gasteiger partial charge < -0.3 is 20.6 Å². The molecule has 1 aromatic carbocycles. The molecule has 0 radical (unpaired) electrons. The van der Waals surface area contributed by atoms with E-state index < -0.39 is 8.32 Å². The van der Waals surface area contributed by atoms with Crippen LogP contribution < -0.4 is 15.8 Å². The maximum absolute atomic E-state index is 11.8. The van der Waals surface area contributed by atoms with Crippen LogP contribution in [0.3, 0.4) is 0 Å². The first-order chi connectivity index (χ1) is 8.42. The number of carbonyl (C=O) groups is 1. The Balaban J connectivity index is 2.62. The van der Waals surface area contributed by atoms with Crippen molar-refractivity contribution in [3.63, 3.8) is 0 Å². The van der Waals surface area contributed by atoms with Gasteiger partial charge in [-0.05, 0) is 31.3 Å². The third-order valence-corrected chi connectivity index (χ3v) is 3.21. The summed E-state index contributed by atoms with van der Waals surface area (Å²) < 4.78 is 5.35. The van der Waals surface area contributed by atoms with Crippen molar-refractivity contribution in [2.75, 3.05) is 19.3 Å². The maximum atomic E-state index is 11.8. The van der Waals surface area contributed by atoms with Crippen molar-refractivity contribution in [2.24, 2.45) is 5.73 Å². The molecule has 5 nitrogen and oxygen atoms in total. The number of nitrogens with one attached hydrogen (secondary N) is 1. The molecule has 0 spiro atoms. The van der Waals surface area contributed by atoms with Gasteiger partial charge in [0.15, 0.2) is 0 Å². The average Bonchev–Trinajstić information content (AvgIpc) is 2.33. The minimum Gasteiger partial charge on any atom is -0.492 e. The molecule has 1 amide bonds. The Morgan fingerprint density at radius 2 is 2.22 bits per heavy atom. The van der Waals surface area contributed by atoms with E-state index in [0.29, 0.717) is 30.6 Å². The van der Waals surface area contributed by atoms with E-state index in [-0.39, 0.29) is 5.91 Å². The summed E-state index contributed by atoms with van der Waals surface area (Å²) in [7, 11) is -2.27. The predicted octanol–water partition coefficient (Wildman–Crippen LogP) is 0.490. The summed E-state index contributed by atoms with van der Waals surface area (Å²) in [6, 6.07) is 6.90. The molecule has 0 fully saturated rings. The Kier molecular flexibility index (Phi) is 5.33. The van der Waals surface area contributed by atoms with Gasteiger partial charge in [0, 0.05) is 18.3 Å². The van der Waals surface area contributed by atoms with Gasteiger partial charge >= 0.3 is 0 Å². The van der Waals surface area contributed by atoms with Gasteiger partial charge in [0.05, 0.1) is 0 Å². The van der Waals surface area contributed by atoms with Crippen LogP contribution in [-0.2, 0) is 0 Å². The molecule has 0 saturated heterocycles. The minimum atomic E-state index is -2.27. The fourth-order valence-corrected chi connectivity index (χ4v) is 1.90. The van der Waals surface area contributed by atoms with Crippen LogP contribution in [0.5, 0.6) is 5.75 Å². The number of hydrogen-bond acceptors (Lipinski definition) is 4. The lowest BCUT2D eigenvalue weighted by Gasteiger charge is -2.15. The molecule has 0 aliphatic heterocycles. The first-order valence-corrected chi connectivity index (χ1v) is 9.01. The van der Waals surface area contributed by atoms with Crippen molar-refractivity contribution in [1.82, 2.24) is 5.32 Å². The highest BCUT2D eigenvalue weighted by Gasteiger charge is 2.18. The average molecular weight is 268 g/mol. The van der Waals surface area contributed by atoms with Crippen molar-refractivity contribution in [2.45, 2.75) is 13.1 Å². The highest BCUT2D eigenvalue weighted by molar-refractivity contribution is 6.70. The minimum absolute atomic E-state index is 0.206. The van der Waals surface area contributed by atoms with Crippen LogP contribution >= 0.6 is 0 Å². The molecule has 0 bridgehead atoms. The molecule has 0 aromatic heterocycles. The standard InChI is InChI=1S/C12H20N2O3Si/c1-18(2,16)9-14-12(15)10-4-3-5-11(8-10)17-7-6-13/h3-5,8,16H,6-7,9,13H2,1-2H3,(H,14,15). The van der Waals surface area contributed by atoms with Crippen LogP contribution in [0.1, 0.15) is 10.4 Å². The lowest BCUT2D eigenvalue weighted by atomic mass is 10.2. The summed E-state index contributed by atoms with van der Waals surface area (Å²) >= 11 is 0. The first kappa shape index (κ1) is 14.7. The number of nitrogens with two attached hydrogens (primary N) is 1. The van der Waals surface area contributed by atoms with Gasteiger partial charge in [-0.2, -0.15) is 0 Å². The van der Waals surface area contributed by atoms with Crippen molar-refractivity contribution in [3.8, 4) is 5.75 Å². The molecule has 0 atom stereocenters. The molecular weight excluding hydrogens is 248 g/mol. The van der Waals surface area contributed by atoms with Crippen LogP contribution in [-0.4, -0.2) is 38.3 Å². The molecule has 1 aromatic rings. The Bertz CT molecular complexity index is 405. The van der Waals surface area contributed by atoms with Crippen molar-refractivity contribution in [3.05, 3.63) is 29.8 Å². The lowest BCUT2D eigenvalue weighted by Crippen LogP contribution is -2.42. The van der Waals surface area contributed by atoms with E-state index >= 15 is 0 Å². The van der Waals surface area contributed by atoms with Gasteiger partial charge in [-0.15, -0.1) is 0 Å². The van der Waals surface area contributed by atoms with Crippen LogP contribution in [0.25, 0.3) is 0 Å². The highest BCUT2D eigenvalue weighted by atomic mass is 28.4. The molecule has 0 aliphatic rings. The summed E-state index contributed by atoms with van der Waals surface area (Å²) in [5, 5.41) is 2.71. The zero-order valence-corrected chi connectivity index (χ0v) is 11.8. The number of hydrogen-bond donors (Lipinski definition) is 3. The van der Waals surface area contributed by atoms with E-state index in [9.17, 15) is 9.59 Å². The van der Waals surface area contributed by atoms with Crippen LogP contribution in [0.2, 0.25) is 13.1 Å². The second-order valence-electron chi connectivity index (χ2n) is 4.66. The quantitative estimate of drug-likeness (QED) is 0.656. The molecule has 0 saturated carbocycles. The molecule has 0 heterocycles. The predicted molar refractivity (Wildman–Crippen MR) is 73.0 cm³/mol. The largest absolute Gasteiger partial charge is 0.492 e. The molecular formula is C12H20N2O3Si. The Hall–Kier alpha value is -1.37. The van der Waals surface area contributed by atoms with Crippen molar-refractivity contribution in [1.29, 1.82) is 0 Å². The normalized spacial score (nSPS) is 11.1. The number of amides is 1. The van der Waals surface area contributed by atoms with Gasteiger partial charge in [-0.1, -0.05) is 6.07 Å². The van der Waals surface area contributed by atoms with Gasteiger partial charge in [0.1, 0.15) is 12.4 Å². The second-order valence-corrected chi connectivity index (χ2v) is 8.64. The maximum Gasteiger partial charge on any atom is 0.251 e. The molecule has 100 valence electrons. The Morgan fingerprint density at radius 3 is 2.83 bits per heavy atom. The molecule has 1 rings (SSSR count). The van der Waals surface area contributed by atoms with Gasteiger partial charge in [0.25, 0.3) is 5.91 Å². The van der Waals surface area contributed by atoms with E-state index in [0.717, 1.165) is 0 Å². The first-order valence-electron chi connectivity index (χ1n) is 5.86. The summed E-state index contributed by atoms with van der Waals surface area (Å²) in [5.41, 5.74) is 5.86. The molecule has 18 heavy (non-hydrogen) atoms. The van der Waals surface area contributed by atoms with Gasteiger partial charge in [-0.3, -0.25) is 4.79 Å². The summed E-state index contributed by atoms with van der Waals surface area (Å²) in [4.78, 5) is 21.5. The van der Waals surface area contributed by atoms with Crippen LogP contribution in [0.15, 0.2) is 24.3 Å². The zero-order chi connectivity index (χ0) is 13.6. The third kappa shape index (κ3) is 5.31. The van der Waals surface area contributed by atoms with E-state index in [4.69, 9.17) is 10.5 Å². The Morgan fingerprint density at radius 1 is 1.50 bits per heavy atom. The van der Waals surface area contributed by atoms with E-state index in [1.54, 1.807) is 37.4 Å². The summed E-state index contributed by atoms with van der Waals surface area (Å²) in [5.74, 6) is 0.413. The number of benzene rings is 1. The fraction of sp³-hybridized carbons (Fsp3) is 0.417. The molecule has 4 N–H and O–H groups in total. The van der Waals surface area contributed by atoms with E-state index in [2.05, 4.69) is 5.32 Å². The van der Waals surface area contributed by atoms with Crippen LogP contribution in [0, 0.1) is 0 Å². The van der Waals surface area contributed by atoms with Crippen LogP contribution in [0.4, 0.5) is 0 Å². The van der Waals surface area contributed by atoms with Gasteiger partial charge in [-0.25, -0.2) is 0 Å². The molecule has 0 unspecified atom stereocenters. The molecule has 0 aliphatic carbocycles. The zero-order valence-electron chi connectivity index (χ0n) is 10.8.